The lowest BCUT2D eigenvalue weighted by atomic mass is 9.81. The van der Waals surface area contributed by atoms with Gasteiger partial charge in [-0.1, -0.05) is 18.9 Å². The average molecular weight is 217 g/mol. The molecule has 3 N–H and O–H groups in total. The van der Waals surface area contributed by atoms with Crippen LogP contribution in [0.4, 0.5) is 5.69 Å². The van der Waals surface area contributed by atoms with Crippen molar-refractivity contribution in [3.8, 4) is 0 Å². The molecular weight excluding hydrogens is 198 g/mol. The van der Waals surface area contributed by atoms with Gasteiger partial charge in [0.15, 0.2) is 0 Å². The number of nitrogens with two attached hydrogens (primary N) is 1. The molecule has 1 aromatic rings. The lowest BCUT2D eigenvalue weighted by Crippen LogP contribution is -2.31. The van der Waals surface area contributed by atoms with E-state index < -0.39 is 5.60 Å². The summed E-state index contributed by atoms with van der Waals surface area (Å²) in [6.45, 7) is 0. The first-order chi connectivity index (χ1) is 7.70. The van der Waals surface area contributed by atoms with Crippen molar-refractivity contribution in [3.63, 3.8) is 0 Å². The van der Waals surface area contributed by atoms with Gasteiger partial charge in [-0.3, -0.25) is 0 Å². The van der Waals surface area contributed by atoms with Crippen molar-refractivity contribution in [1.82, 2.24) is 0 Å². The Morgan fingerprint density at radius 1 is 1.25 bits per heavy atom. The van der Waals surface area contributed by atoms with Crippen molar-refractivity contribution < 1.29 is 5.11 Å². The third-order valence-corrected chi connectivity index (χ3v) is 4.40. The van der Waals surface area contributed by atoms with Crippen LogP contribution in [0.15, 0.2) is 18.2 Å². The van der Waals surface area contributed by atoms with E-state index in [-0.39, 0.29) is 0 Å². The molecule has 0 saturated heterocycles. The van der Waals surface area contributed by atoms with Crippen molar-refractivity contribution in [3.05, 3.63) is 29.3 Å². The Morgan fingerprint density at radius 2 is 2.00 bits per heavy atom. The van der Waals surface area contributed by atoms with E-state index in [2.05, 4.69) is 0 Å². The van der Waals surface area contributed by atoms with Crippen LogP contribution in [0.25, 0.3) is 0 Å². The molecule has 16 heavy (non-hydrogen) atoms. The first kappa shape index (κ1) is 10.2. The second-order valence-electron chi connectivity index (χ2n) is 5.32. The molecule has 1 unspecified atom stereocenters. The second kappa shape index (κ2) is 3.49. The highest BCUT2D eigenvalue weighted by Gasteiger charge is 2.44. The van der Waals surface area contributed by atoms with Crippen LogP contribution in [0.2, 0.25) is 0 Å². The summed E-state index contributed by atoms with van der Waals surface area (Å²) in [7, 11) is 0. The van der Waals surface area contributed by atoms with Crippen molar-refractivity contribution >= 4 is 5.69 Å². The number of nitrogen functional groups attached to an aromatic ring is 1. The number of anilines is 1. The Morgan fingerprint density at radius 3 is 2.75 bits per heavy atom. The molecule has 0 amide bonds. The minimum atomic E-state index is -0.556. The Labute approximate surface area is 96.5 Å². The Hall–Kier alpha value is -1.02. The van der Waals surface area contributed by atoms with E-state index >= 15 is 0 Å². The van der Waals surface area contributed by atoms with Gasteiger partial charge in [0.1, 0.15) is 0 Å². The third-order valence-electron chi connectivity index (χ3n) is 4.40. The van der Waals surface area contributed by atoms with E-state index in [4.69, 9.17) is 5.73 Å². The molecule has 1 saturated carbocycles. The zero-order valence-corrected chi connectivity index (χ0v) is 9.58. The lowest BCUT2D eigenvalue weighted by molar-refractivity contribution is -0.0200. The van der Waals surface area contributed by atoms with E-state index in [0.717, 1.165) is 24.1 Å². The van der Waals surface area contributed by atoms with Crippen LogP contribution in [-0.2, 0) is 12.0 Å². The smallest absolute Gasteiger partial charge is 0.0930 e. The van der Waals surface area contributed by atoms with Gasteiger partial charge in [0.25, 0.3) is 0 Å². The van der Waals surface area contributed by atoms with Crippen molar-refractivity contribution in [2.24, 2.45) is 5.92 Å². The highest BCUT2D eigenvalue weighted by atomic mass is 16.3. The molecule has 2 aliphatic rings. The molecule has 0 radical (unpaired) electrons. The van der Waals surface area contributed by atoms with Crippen LogP contribution in [0.1, 0.15) is 43.2 Å². The molecule has 0 bridgehead atoms. The van der Waals surface area contributed by atoms with Crippen LogP contribution in [0, 0.1) is 5.92 Å². The normalized spacial score (nSPS) is 29.6. The standard InChI is InChI=1S/C14H19NO/c15-12-5-6-13-10(9-12)7-8-14(13,16)11-3-1-2-4-11/h5-6,9,11,16H,1-4,7-8,15H2. The largest absolute Gasteiger partial charge is 0.399 e. The molecule has 3 rings (SSSR count). The molecule has 2 nitrogen and oxygen atoms in total. The molecule has 1 fully saturated rings. The van der Waals surface area contributed by atoms with E-state index in [1.54, 1.807) is 0 Å². The molecule has 2 heteroatoms. The molecule has 1 atom stereocenters. The highest BCUT2D eigenvalue weighted by Crippen LogP contribution is 2.48. The van der Waals surface area contributed by atoms with E-state index in [1.165, 1.54) is 31.2 Å². The van der Waals surface area contributed by atoms with Crippen LogP contribution in [0.3, 0.4) is 0 Å². The minimum Gasteiger partial charge on any atom is -0.399 e. The third kappa shape index (κ3) is 1.36. The quantitative estimate of drug-likeness (QED) is 0.710. The SMILES string of the molecule is Nc1ccc2c(c1)CCC2(O)C1CCCC1. The van der Waals surface area contributed by atoms with Gasteiger partial charge in [-0.15, -0.1) is 0 Å². The fourth-order valence-electron chi connectivity index (χ4n) is 3.53. The van der Waals surface area contributed by atoms with Gasteiger partial charge in [-0.05, 0) is 54.9 Å². The van der Waals surface area contributed by atoms with Gasteiger partial charge in [-0.25, -0.2) is 0 Å². The van der Waals surface area contributed by atoms with Gasteiger partial charge >= 0.3 is 0 Å². The van der Waals surface area contributed by atoms with Crippen LogP contribution < -0.4 is 5.73 Å². The summed E-state index contributed by atoms with van der Waals surface area (Å²) in [6.07, 6.45) is 6.78. The molecule has 1 aromatic carbocycles. The summed E-state index contributed by atoms with van der Waals surface area (Å²) in [6, 6.07) is 5.99. The van der Waals surface area contributed by atoms with E-state index in [9.17, 15) is 5.11 Å². The monoisotopic (exact) mass is 217 g/mol. The number of aliphatic hydroxyl groups is 1. The molecule has 0 spiro atoms. The average Bonchev–Trinajstić information content (AvgIpc) is 2.87. The Bertz CT molecular complexity index is 409. The maximum atomic E-state index is 10.9. The topological polar surface area (TPSA) is 46.2 Å². The predicted molar refractivity (Wildman–Crippen MR) is 65.0 cm³/mol. The Balaban J connectivity index is 2.00. The molecule has 0 aliphatic heterocycles. The summed E-state index contributed by atoms with van der Waals surface area (Å²) in [5.74, 6) is 0.470. The first-order valence-corrected chi connectivity index (χ1v) is 6.31. The van der Waals surface area contributed by atoms with Crippen LogP contribution in [-0.4, -0.2) is 5.11 Å². The summed E-state index contributed by atoms with van der Waals surface area (Å²) in [4.78, 5) is 0. The molecule has 86 valence electrons. The number of rotatable bonds is 1. The molecule has 2 aliphatic carbocycles. The summed E-state index contributed by atoms with van der Waals surface area (Å²) >= 11 is 0. The number of benzene rings is 1. The summed E-state index contributed by atoms with van der Waals surface area (Å²) in [5, 5.41) is 10.9. The number of fused-ring (bicyclic) bond motifs is 1. The van der Waals surface area contributed by atoms with Gasteiger partial charge < -0.3 is 10.8 Å². The van der Waals surface area contributed by atoms with Gasteiger partial charge in [0, 0.05) is 5.69 Å². The van der Waals surface area contributed by atoms with Crippen molar-refractivity contribution in [2.45, 2.75) is 44.1 Å². The van der Waals surface area contributed by atoms with Crippen molar-refractivity contribution in [2.75, 3.05) is 5.73 Å². The number of hydrogen-bond acceptors (Lipinski definition) is 2. The summed E-state index contributed by atoms with van der Waals surface area (Å²) in [5.41, 5.74) is 8.46. The molecular formula is C14H19NO. The van der Waals surface area contributed by atoms with Crippen molar-refractivity contribution in [1.29, 1.82) is 0 Å². The lowest BCUT2D eigenvalue weighted by Gasteiger charge is -2.31. The zero-order valence-electron chi connectivity index (χ0n) is 9.58. The minimum absolute atomic E-state index is 0.470. The highest BCUT2D eigenvalue weighted by molar-refractivity contribution is 5.49. The van der Waals surface area contributed by atoms with Gasteiger partial charge in [0.05, 0.1) is 5.60 Å². The van der Waals surface area contributed by atoms with Gasteiger partial charge in [0.2, 0.25) is 0 Å². The van der Waals surface area contributed by atoms with E-state index in [0.29, 0.717) is 5.92 Å². The number of aryl methyl sites for hydroxylation is 1. The zero-order chi connectivity index (χ0) is 11.2. The maximum absolute atomic E-state index is 10.9. The van der Waals surface area contributed by atoms with Gasteiger partial charge in [-0.2, -0.15) is 0 Å². The Kier molecular flexibility index (Phi) is 2.21. The van der Waals surface area contributed by atoms with Crippen LogP contribution >= 0.6 is 0 Å². The summed E-state index contributed by atoms with van der Waals surface area (Å²) < 4.78 is 0. The molecule has 0 heterocycles. The maximum Gasteiger partial charge on any atom is 0.0930 e. The first-order valence-electron chi connectivity index (χ1n) is 6.31. The molecule has 0 aromatic heterocycles. The number of hydrogen-bond donors (Lipinski definition) is 2. The fourth-order valence-corrected chi connectivity index (χ4v) is 3.53. The predicted octanol–water partition coefficient (Wildman–Crippen LogP) is 2.59. The van der Waals surface area contributed by atoms with E-state index in [1.807, 2.05) is 18.2 Å². The second-order valence-corrected chi connectivity index (χ2v) is 5.32. The van der Waals surface area contributed by atoms with Crippen LogP contribution in [0.5, 0.6) is 0 Å². The fraction of sp³-hybridized carbons (Fsp3) is 0.571.